The van der Waals surface area contributed by atoms with Crippen molar-refractivity contribution in [3.8, 4) is 5.75 Å². The molecule has 5 heteroatoms. The highest BCUT2D eigenvalue weighted by Crippen LogP contribution is 2.22. The third kappa shape index (κ3) is 5.05. The van der Waals surface area contributed by atoms with E-state index in [1.165, 1.54) is 0 Å². The standard InChI is InChI=1S/C22H23NO4/c1-16-7-6-10-20(21(16)22(24)25)27-14-5-4-13-26-15-18-12-11-17-8-2-3-9-19(17)23-18/h2-3,6-12H,4-5,13-15H2,1H3,(H,24,25). The largest absolute Gasteiger partial charge is 0.493 e. The zero-order valence-electron chi connectivity index (χ0n) is 15.4. The van der Waals surface area contributed by atoms with Gasteiger partial charge in [-0.2, -0.15) is 0 Å². The van der Waals surface area contributed by atoms with Gasteiger partial charge in [0.05, 0.1) is 24.4 Å². The van der Waals surface area contributed by atoms with Crippen LogP contribution in [0, 0.1) is 6.92 Å². The molecule has 0 unspecified atom stereocenters. The number of rotatable bonds is 9. The van der Waals surface area contributed by atoms with E-state index in [0.717, 1.165) is 29.4 Å². The van der Waals surface area contributed by atoms with Crippen LogP contribution in [0.4, 0.5) is 0 Å². The first kappa shape index (κ1) is 18.9. The molecule has 0 radical (unpaired) electrons. The quantitative estimate of drug-likeness (QED) is 0.561. The van der Waals surface area contributed by atoms with Crippen LogP contribution in [-0.4, -0.2) is 29.3 Å². The molecule has 3 aromatic rings. The smallest absolute Gasteiger partial charge is 0.339 e. The number of hydrogen-bond acceptors (Lipinski definition) is 4. The average Bonchev–Trinajstić information content (AvgIpc) is 2.67. The van der Waals surface area contributed by atoms with E-state index in [4.69, 9.17) is 9.47 Å². The number of aryl methyl sites for hydroxylation is 1. The Balaban J connectivity index is 1.38. The molecule has 0 aliphatic carbocycles. The lowest BCUT2D eigenvalue weighted by molar-refractivity contribution is 0.0690. The number of ether oxygens (including phenoxy) is 2. The molecule has 5 nitrogen and oxygen atoms in total. The zero-order valence-corrected chi connectivity index (χ0v) is 15.4. The summed E-state index contributed by atoms with van der Waals surface area (Å²) in [5.74, 6) is -0.543. The van der Waals surface area contributed by atoms with Gasteiger partial charge in [0, 0.05) is 12.0 Å². The number of aromatic carboxylic acids is 1. The Labute approximate surface area is 158 Å². The first-order valence-corrected chi connectivity index (χ1v) is 9.03. The topological polar surface area (TPSA) is 68.7 Å². The second-order valence-corrected chi connectivity index (χ2v) is 6.36. The third-order valence-electron chi connectivity index (χ3n) is 4.30. The van der Waals surface area contributed by atoms with E-state index in [0.29, 0.717) is 31.1 Å². The lowest BCUT2D eigenvalue weighted by Crippen LogP contribution is -2.07. The van der Waals surface area contributed by atoms with Gasteiger partial charge in [-0.15, -0.1) is 0 Å². The summed E-state index contributed by atoms with van der Waals surface area (Å²) in [5.41, 5.74) is 2.82. The average molecular weight is 365 g/mol. The number of benzene rings is 2. The minimum Gasteiger partial charge on any atom is -0.493 e. The highest BCUT2D eigenvalue weighted by molar-refractivity contribution is 5.92. The van der Waals surface area contributed by atoms with Gasteiger partial charge in [-0.1, -0.05) is 36.4 Å². The molecule has 140 valence electrons. The van der Waals surface area contributed by atoms with Crippen LogP contribution in [0.5, 0.6) is 5.75 Å². The summed E-state index contributed by atoms with van der Waals surface area (Å²) >= 11 is 0. The normalized spacial score (nSPS) is 10.9. The highest BCUT2D eigenvalue weighted by Gasteiger charge is 2.13. The van der Waals surface area contributed by atoms with E-state index in [2.05, 4.69) is 11.1 Å². The molecule has 0 spiro atoms. The number of aromatic nitrogens is 1. The fourth-order valence-corrected chi connectivity index (χ4v) is 2.89. The minimum atomic E-state index is -0.964. The van der Waals surface area contributed by atoms with Crippen molar-refractivity contribution in [1.82, 2.24) is 4.98 Å². The fourth-order valence-electron chi connectivity index (χ4n) is 2.89. The molecule has 0 atom stereocenters. The van der Waals surface area contributed by atoms with E-state index in [9.17, 15) is 9.90 Å². The van der Waals surface area contributed by atoms with Gasteiger partial charge in [-0.25, -0.2) is 4.79 Å². The molecule has 0 fully saturated rings. The summed E-state index contributed by atoms with van der Waals surface area (Å²) in [5, 5.41) is 10.4. The Bertz CT molecular complexity index is 923. The maximum absolute atomic E-state index is 11.3. The molecule has 0 saturated carbocycles. The summed E-state index contributed by atoms with van der Waals surface area (Å²) in [4.78, 5) is 15.9. The molecule has 3 rings (SSSR count). The molecule has 27 heavy (non-hydrogen) atoms. The number of fused-ring (bicyclic) bond motifs is 1. The summed E-state index contributed by atoms with van der Waals surface area (Å²) in [6.07, 6.45) is 1.62. The fraction of sp³-hybridized carbons (Fsp3) is 0.273. The summed E-state index contributed by atoms with van der Waals surface area (Å²) in [6, 6.07) is 17.3. The van der Waals surface area contributed by atoms with E-state index >= 15 is 0 Å². The van der Waals surface area contributed by atoms with Crippen LogP contribution in [0.25, 0.3) is 10.9 Å². The van der Waals surface area contributed by atoms with Gasteiger partial charge in [-0.3, -0.25) is 4.98 Å². The first-order valence-electron chi connectivity index (χ1n) is 9.03. The van der Waals surface area contributed by atoms with Crippen molar-refractivity contribution in [2.75, 3.05) is 13.2 Å². The van der Waals surface area contributed by atoms with Gasteiger partial charge in [0.25, 0.3) is 0 Å². The monoisotopic (exact) mass is 365 g/mol. The summed E-state index contributed by atoms with van der Waals surface area (Å²) in [7, 11) is 0. The zero-order chi connectivity index (χ0) is 19.1. The van der Waals surface area contributed by atoms with Crippen molar-refractivity contribution < 1.29 is 19.4 Å². The summed E-state index contributed by atoms with van der Waals surface area (Å²) in [6.45, 7) is 3.32. The van der Waals surface area contributed by atoms with Crippen LogP contribution in [0.3, 0.4) is 0 Å². The van der Waals surface area contributed by atoms with Gasteiger partial charge in [0.15, 0.2) is 0 Å². The van der Waals surface area contributed by atoms with E-state index in [1.807, 2.05) is 30.3 Å². The van der Waals surface area contributed by atoms with Crippen molar-refractivity contribution in [3.05, 3.63) is 71.4 Å². The van der Waals surface area contributed by atoms with E-state index < -0.39 is 5.97 Å². The van der Waals surface area contributed by atoms with Gasteiger partial charge in [0.2, 0.25) is 0 Å². The Morgan fingerprint density at radius 1 is 1.00 bits per heavy atom. The van der Waals surface area contributed by atoms with E-state index in [1.54, 1.807) is 25.1 Å². The van der Waals surface area contributed by atoms with Crippen LogP contribution >= 0.6 is 0 Å². The molecular formula is C22H23NO4. The number of pyridine rings is 1. The summed E-state index contributed by atoms with van der Waals surface area (Å²) < 4.78 is 11.3. The van der Waals surface area contributed by atoms with Gasteiger partial charge >= 0.3 is 5.97 Å². The van der Waals surface area contributed by atoms with Crippen LogP contribution in [-0.2, 0) is 11.3 Å². The van der Waals surface area contributed by atoms with Crippen LogP contribution < -0.4 is 4.74 Å². The molecule has 1 N–H and O–H groups in total. The molecule has 1 aromatic heterocycles. The van der Waals surface area contributed by atoms with Crippen molar-refractivity contribution in [3.63, 3.8) is 0 Å². The molecular weight excluding hydrogens is 342 g/mol. The third-order valence-corrected chi connectivity index (χ3v) is 4.30. The van der Waals surface area contributed by atoms with Crippen LogP contribution in [0.1, 0.15) is 34.5 Å². The number of para-hydroxylation sites is 1. The van der Waals surface area contributed by atoms with Crippen LogP contribution in [0.2, 0.25) is 0 Å². The second kappa shape index (κ2) is 9.14. The number of carbonyl (C=O) groups is 1. The van der Waals surface area contributed by atoms with Crippen LogP contribution in [0.15, 0.2) is 54.6 Å². The lowest BCUT2D eigenvalue weighted by Gasteiger charge is -2.11. The number of carboxylic acid groups (broad SMARTS) is 1. The molecule has 0 bridgehead atoms. The highest BCUT2D eigenvalue weighted by atomic mass is 16.5. The second-order valence-electron chi connectivity index (χ2n) is 6.36. The Kier molecular flexibility index (Phi) is 6.39. The molecule has 0 aliphatic rings. The van der Waals surface area contributed by atoms with E-state index in [-0.39, 0.29) is 5.56 Å². The van der Waals surface area contributed by atoms with Gasteiger partial charge < -0.3 is 14.6 Å². The number of carboxylic acids is 1. The maximum atomic E-state index is 11.3. The number of hydrogen-bond donors (Lipinski definition) is 1. The SMILES string of the molecule is Cc1cccc(OCCCCOCc2ccc3ccccc3n2)c1C(=O)O. The molecule has 0 aliphatic heterocycles. The molecule has 0 amide bonds. The van der Waals surface area contributed by atoms with Crippen molar-refractivity contribution in [1.29, 1.82) is 0 Å². The lowest BCUT2D eigenvalue weighted by atomic mass is 10.1. The Hall–Kier alpha value is -2.92. The van der Waals surface area contributed by atoms with Crippen molar-refractivity contribution >= 4 is 16.9 Å². The Morgan fingerprint density at radius 3 is 2.67 bits per heavy atom. The molecule has 1 heterocycles. The van der Waals surface area contributed by atoms with Crippen molar-refractivity contribution in [2.24, 2.45) is 0 Å². The number of unbranched alkanes of at least 4 members (excludes halogenated alkanes) is 1. The predicted molar refractivity (Wildman–Crippen MR) is 104 cm³/mol. The molecule has 0 saturated heterocycles. The Morgan fingerprint density at radius 2 is 1.81 bits per heavy atom. The minimum absolute atomic E-state index is 0.233. The number of nitrogens with zero attached hydrogens (tertiary/aromatic N) is 1. The molecule has 2 aromatic carbocycles. The van der Waals surface area contributed by atoms with Crippen molar-refractivity contribution in [2.45, 2.75) is 26.4 Å². The first-order chi connectivity index (χ1) is 13.1. The van der Waals surface area contributed by atoms with Gasteiger partial charge in [-0.05, 0) is 43.5 Å². The predicted octanol–water partition coefficient (Wildman–Crippen LogP) is 4.62. The van der Waals surface area contributed by atoms with Gasteiger partial charge in [0.1, 0.15) is 11.3 Å². The maximum Gasteiger partial charge on any atom is 0.339 e.